The number of nitrogens with one attached hydrogen (secondary N) is 1. The Labute approximate surface area is 227 Å². The van der Waals surface area contributed by atoms with Crippen LogP contribution in [0, 0.1) is 12.8 Å². The number of nitrogens with zero attached hydrogens (tertiary/aromatic N) is 2. The summed E-state index contributed by atoms with van der Waals surface area (Å²) < 4.78 is 12.0. The second-order valence-corrected chi connectivity index (χ2v) is 11.8. The van der Waals surface area contributed by atoms with Gasteiger partial charge in [-0.3, -0.25) is 4.79 Å². The molecule has 6 rings (SSSR count). The first-order valence-corrected chi connectivity index (χ1v) is 14.3. The summed E-state index contributed by atoms with van der Waals surface area (Å²) in [6.45, 7) is 7.84. The highest BCUT2D eigenvalue weighted by Crippen LogP contribution is 2.55. The van der Waals surface area contributed by atoms with Crippen LogP contribution in [-0.2, 0) is 16.0 Å². The number of fused-ring (bicyclic) bond motifs is 4. The highest BCUT2D eigenvalue weighted by molar-refractivity contribution is 5.84. The van der Waals surface area contributed by atoms with E-state index >= 15 is 0 Å². The molecule has 204 valence electrons. The molecule has 6 heteroatoms. The largest absolute Gasteiger partial charge is 0.494 e. The smallest absolute Gasteiger partial charge is 0.308 e. The second-order valence-electron chi connectivity index (χ2n) is 11.8. The Morgan fingerprint density at radius 1 is 1.16 bits per heavy atom. The molecule has 0 amide bonds. The molecule has 3 aliphatic rings. The van der Waals surface area contributed by atoms with Crippen LogP contribution in [0.2, 0.25) is 0 Å². The molecule has 3 aliphatic carbocycles. The number of methoxy groups -OCH3 is 1. The van der Waals surface area contributed by atoms with E-state index in [1.54, 1.807) is 7.11 Å². The van der Waals surface area contributed by atoms with Crippen molar-refractivity contribution in [1.82, 2.24) is 14.9 Å². The summed E-state index contributed by atoms with van der Waals surface area (Å²) >= 11 is 0. The lowest BCUT2D eigenvalue weighted by Gasteiger charge is -2.46. The SMILES string of the molecule is COc1ccc(C)c2nc(CCCN(C)CC[C@@]3(OC(=O)C(C)C)C[C@@H]4CCC[C@H]3c3ccccc34)[nH]c12. The van der Waals surface area contributed by atoms with Crippen LogP contribution in [0.4, 0.5) is 0 Å². The van der Waals surface area contributed by atoms with Crippen molar-refractivity contribution in [3.63, 3.8) is 0 Å². The monoisotopic (exact) mass is 517 g/mol. The predicted octanol–water partition coefficient (Wildman–Crippen LogP) is 6.53. The van der Waals surface area contributed by atoms with E-state index in [1.165, 1.54) is 24.0 Å². The van der Waals surface area contributed by atoms with E-state index in [-0.39, 0.29) is 17.8 Å². The van der Waals surface area contributed by atoms with Crippen LogP contribution >= 0.6 is 0 Å². The summed E-state index contributed by atoms with van der Waals surface area (Å²) in [5.41, 5.74) is 5.60. The van der Waals surface area contributed by atoms with Gasteiger partial charge in [-0.2, -0.15) is 0 Å². The fourth-order valence-corrected chi connectivity index (χ4v) is 6.70. The maximum atomic E-state index is 13.0. The number of ether oxygens (including phenoxy) is 2. The number of hydrogen-bond acceptors (Lipinski definition) is 5. The molecular weight excluding hydrogens is 474 g/mol. The standard InChI is InChI=1S/C32H43N3O3/c1-21(2)31(36)38-32(20-23-10-8-13-26(32)25-12-7-6-11-24(23)25)17-19-35(4)18-9-14-28-33-29-22(3)15-16-27(37-5)30(29)34-28/h6-7,11-12,15-16,21,23,26H,8-10,13-14,17-20H2,1-5H3,(H,33,34)/t23-,26-,32+/m0/s1. The molecule has 2 bridgehead atoms. The van der Waals surface area contributed by atoms with E-state index in [1.807, 2.05) is 19.9 Å². The fraction of sp³-hybridized carbons (Fsp3) is 0.562. The first-order valence-electron chi connectivity index (χ1n) is 14.3. The summed E-state index contributed by atoms with van der Waals surface area (Å²) in [6, 6.07) is 12.9. The van der Waals surface area contributed by atoms with Crippen LogP contribution in [0.15, 0.2) is 36.4 Å². The summed E-state index contributed by atoms with van der Waals surface area (Å²) in [5, 5.41) is 0. The highest BCUT2D eigenvalue weighted by atomic mass is 16.6. The average Bonchev–Trinajstić information content (AvgIpc) is 3.15. The van der Waals surface area contributed by atoms with Gasteiger partial charge in [0.15, 0.2) is 0 Å². The molecule has 0 radical (unpaired) electrons. The van der Waals surface area contributed by atoms with Gasteiger partial charge >= 0.3 is 5.97 Å². The lowest BCUT2D eigenvalue weighted by atomic mass is 9.67. The van der Waals surface area contributed by atoms with Crippen LogP contribution in [0.25, 0.3) is 11.0 Å². The van der Waals surface area contributed by atoms with E-state index in [2.05, 4.69) is 54.2 Å². The van der Waals surface area contributed by atoms with Crippen LogP contribution in [0.5, 0.6) is 5.75 Å². The first kappa shape index (κ1) is 26.7. The molecular formula is C32H43N3O3. The zero-order valence-corrected chi connectivity index (χ0v) is 23.7. The minimum absolute atomic E-state index is 0.0618. The topological polar surface area (TPSA) is 67.5 Å². The van der Waals surface area contributed by atoms with Gasteiger partial charge in [0.2, 0.25) is 0 Å². The van der Waals surface area contributed by atoms with Gasteiger partial charge in [0.1, 0.15) is 22.7 Å². The number of aromatic nitrogens is 2. The summed E-state index contributed by atoms with van der Waals surface area (Å²) in [4.78, 5) is 23.7. The van der Waals surface area contributed by atoms with Crippen LogP contribution in [0.1, 0.15) is 86.7 Å². The minimum Gasteiger partial charge on any atom is -0.494 e. The van der Waals surface area contributed by atoms with Crippen LogP contribution in [-0.4, -0.2) is 53.7 Å². The third-order valence-corrected chi connectivity index (χ3v) is 8.81. The van der Waals surface area contributed by atoms with Crippen molar-refractivity contribution >= 4 is 17.0 Å². The van der Waals surface area contributed by atoms with Crippen molar-refractivity contribution in [3.05, 3.63) is 58.9 Å². The fourth-order valence-electron chi connectivity index (χ4n) is 6.70. The average molecular weight is 518 g/mol. The summed E-state index contributed by atoms with van der Waals surface area (Å²) in [5.74, 6) is 2.41. The Hall–Kier alpha value is -2.86. The normalized spacial score (nSPS) is 22.6. The zero-order chi connectivity index (χ0) is 26.9. The number of carbonyl (C=O) groups excluding carboxylic acids is 1. The van der Waals surface area contributed by atoms with Crippen LogP contribution in [0.3, 0.4) is 0 Å². The van der Waals surface area contributed by atoms with Gasteiger partial charge in [-0.15, -0.1) is 0 Å². The van der Waals surface area contributed by atoms with Crippen molar-refractivity contribution < 1.29 is 14.3 Å². The molecule has 38 heavy (non-hydrogen) atoms. The van der Waals surface area contributed by atoms with Crippen molar-refractivity contribution in [2.24, 2.45) is 5.92 Å². The Morgan fingerprint density at radius 3 is 2.71 bits per heavy atom. The van der Waals surface area contributed by atoms with Crippen molar-refractivity contribution in [2.75, 3.05) is 27.2 Å². The molecule has 1 N–H and O–H groups in total. The van der Waals surface area contributed by atoms with Crippen molar-refractivity contribution in [3.8, 4) is 5.75 Å². The van der Waals surface area contributed by atoms with Gasteiger partial charge in [-0.1, -0.05) is 50.6 Å². The number of aryl methyl sites for hydroxylation is 2. The Kier molecular flexibility index (Phi) is 7.80. The van der Waals surface area contributed by atoms with E-state index in [0.717, 1.165) is 73.4 Å². The van der Waals surface area contributed by atoms with E-state index in [0.29, 0.717) is 5.92 Å². The van der Waals surface area contributed by atoms with Gasteiger partial charge in [0, 0.05) is 25.3 Å². The van der Waals surface area contributed by atoms with E-state index in [9.17, 15) is 4.79 Å². The number of carbonyl (C=O) groups is 1. The second kappa shape index (κ2) is 11.1. The van der Waals surface area contributed by atoms with Crippen molar-refractivity contribution in [1.29, 1.82) is 0 Å². The zero-order valence-electron chi connectivity index (χ0n) is 23.7. The lowest BCUT2D eigenvalue weighted by Crippen LogP contribution is -2.47. The van der Waals surface area contributed by atoms with E-state index in [4.69, 9.17) is 14.5 Å². The van der Waals surface area contributed by atoms with Gasteiger partial charge in [0.05, 0.1) is 18.5 Å². The first-order chi connectivity index (χ1) is 18.3. The molecule has 0 unspecified atom stereocenters. The highest BCUT2D eigenvalue weighted by Gasteiger charge is 2.50. The number of rotatable bonds is 10. The maximum absolute atomic E-state index is 13.0. The maximum Gasteiger partial charge on any atom is 0.308 e. The molecule has 0 saturated heterocycles. The molecule has 0 spiro atoms. The van der Waals surface area contributed by atoms with Gasteiger partial charge in [-0.05, 0) is 74.9 Å². The summed E-state index contributed by atoms with van der Waals surface area (Å²) in [7, 11) is 3.89. The molecule has 0 aliphatic heterocycles. The Bertz CT molecular complexity index is 1280. The quantitative estimate of drug-likeness (QED) is 0.310. The molecule has 1 saturated carbocycles. The van der Waals surface area contributed by atoms with Gasteiger partial charge in [-0.25, -0.2) is 4.98 Å². The molecule has 3 atom stereocenters. The molecule has 6 nitrogen and oxygen atoms in total. The summed E-state index contributed by atoms with van der Waals surface area (Å²) in [6.07, 6.45) is 7.18. The van der Waals surface area contributed by atoms with Crippen molar-refractivity contribution in [2.45, 2.75) is 83.2 Å². The van der Waals surface area contributed by atoms with E-state index < -0.39 is 5.60 Å². The number of hydrogen-bond donors (Lipinski definition) is 1. The Morgan fingerprint density at radius 2 is 1.95 bits per heavy atom. The third kappa shape index (κ3) is 5.20. The number of aromatic amines is 1. The molecule has 3 aromatic rings. The Balaban J connectivity index is 1.26. The third-order valence-electron chi connectivity index (χ3n) is 8.81. The van der Waals surface area contributed by atoms with Gasteiger partial charge < -0.3 is 19.4 Å². The molecule has 1 aromatic heterocycles. The number of H-pyrrole nitrogens is 1. The number of esters is 1. The number of imidazole rings is 1. The predicted molar refractivity (Wildman–Crippen MR) is 152 cm³/mol. The lowest BCUT2D eigenvalue weighted by molar-refractivity contribution is -0.170. The molecule has 1 fully saturated rings. The molecule has 1 heterocycles. The molecule has 2 aromatic carbocycles. The minimum atomic E-state index is -0.419. The van der Waals surface area contributed by atoms with Gasteiger partial charge in [0.25, 0.3) is 0 Å². The van der Waals surface area contributed by atoms with Crippen LogP contribution < -0.4 is 4.74 Å². The number of benzene rings is 2.